The van der Waals surface area contributed by atoms with Gasteiger partial charge in [-0.3, -0.25) is 4.79 Å². The number of nitrogens with one attached hydrogen (secondary N) is 1. The normalized spacial score (nSPS) is 24.6. The molecule has 0 aliphatic carbocycles. The largest absolute Gasteiger partial charge is 0.444 e. The average molecular weight is 455 g/mol. The summed E-state index contributed by atoms with van der Waals surface area (Å²) in [5, 5.41) is 25.7. The van der Waals surface area contributed by atoms with E-state index in [1.54, 1.807) is 58.9 Å². The summed E-state index contributed by atoms with van der Waals surface area (Å²) in [4.78, 5) is 27.1. The molecule has 0 bridgehead atoms. The van der Waals surface area contributed by atoms with Crippen LogP contribution in [0.4, 0.5) is 4.79 Å². The van der Waals surface area contributed by atoms with E-state index in [2.05, 4.69) is 5.32 Å². The van der Waals surface area contributed by atoms with Crippen molar-refractivity contribution in [3.8, 4) is 0 Å². The highest BCUT2D eigenvalue weighted by atomic mass is 35.5. The molecule has 1 aromatic rings. The first-order valence-corrected chi connectivity index (χ1v) is 10.9. The summed E-state index contributed by atoms with van der Waals surface area (Å²) in [5.41, 5.74) is -2.59. The molecule has 7 nitrogen and oxygen atoms in total. The summed E-state index contributed by atoms with van der Waals surface area (Å²) in [6.07, 6.45) is -1.90. The molecule has 3 atom stereocenters. The summed E-state index contributed by atoms with van der Waals surface area (Å²) in [6, 6.07) is 5.88. The topological polar surface area (TPSA) is 99.1 Å². The predicted octanol–water partition coefficient (Wildman–Crippen LogP) is 3.31. The van der Waals surface area contributed by atoms with E-state index in [1.165, 1.54) is 4.90 Å². The number of piperidine rings is 1. The SMILES string of the molecule is CC(C)[C@@H](NC(=O)OC(C)(C)C)C(=O)N1C[C@H](O)[C@@](O)(c2ccc(Cl)cc2)C(C)(C)C1. The van der Waals surface area contributed by atoms with Crippen LogP contribution >= 0.6 is 11.6 Å². The number of rotatable bonds is 4. The van der Waals surface area contributed by atoms with Gasteiger partial charge in [-0.15, -0.1) is 0 Å². The Hall–Kier alpha value is -1.83. The van der Waals surface area contributed by atoms with Gasteiger partial charge in [0, 0.05) is 23.5 Å². The second-order valence-electron chi connectivity index (χ2n) is 10.3. The van der Waals surface area contributed by atoms with Gasteiger partial charge in [-0.1, -0.05) is 51.4 Å². The van der Waals surface area contributed by atoms with E-state index in [4.69, 9.17) is 16.3 Å². The standard InChI is InChI=1S/C23H35ClN2O5/c1-14(2)18(25-20(29)31-21(3,4)5)19(28)26-12-17(27)23(30,22(6,7)13-26)15-8-10-16(24)11-9-15/h8-11,14,17-18,27,30H,12-13H2,1-7H3,(H,25,29)/t17-,18+,23-/m0/s1. The zero-order valence-corrected chi connectivity index (χ0v) is 20.2. The highest BCUT2D eigenvalue weighted by molar-refractivity contribution is 6.30. The smallest absolute Gasteiger partial charge is 0.408 e. The number of hydrogen-bond acceptors (Lipinski definition) is 5. The van der Waals surface area contributed by atoms with E-state index >= 15 is 0 Å². The molecular weight excluding hydrogens is 420 g/mol. The number of amides is 2. The van der Waals surface area contributed by atoms with Gasteiger partial charge in [0.1, 0.15) is 23.3 Å². The number of alkyl carbamates (subject to hydrolysis) is 1. The fourth-order valence-corrected chi connectivity index (χ4v) is 4.18. The Morgan fingerprint density at radius 3 is 2.23 bits per heavy atom. The molecule has 2 amide bonds. The molecule has 0 radical (unpaired) electrons. The molecular formula is C23H35ClN2O5. The number of likely N-dealkylation sites (tertiary alicyclic amines) is 1. The van der Waals surface area contributed by atoms with Crippen LogP contribution in [0.2, 0.25) is 5.02 Å². The van der Waals surface area contributed by atoms with Gasteiger partial charge in [-0.2, -0.15) is 0 Å². The van der Waals surface area contributed by atoms with Crippen LogP contribution in [0.5, 0.6) is 0 Å². The average Bonchev–Trinajstić information content (AvgIpc) is 2.62. The van der Waals surface area contributed by atoms with Gasteiger partial charge in [0.2, 0.25) is 5.91 Å². The Bertz CT molecular complexity index is 803. The number of nitrogens with zero attached hydrogens (tertiary/aromatic N) is 1. The maximum absolute atomic E-state index is 13.3. The van der Waals surface area contributed by atoms with Gasteiger partial charge >= 0.3 is 6.09 Å². The van der Waals surface area contributed by atoms with Gasteiger partial charge in [-0.05, 0) is 44.4 Å². The lowest BCUT2D eigenvalue weighted by Gasteiger charge is -2.53. The Morgan fingerprint density at radius 2 is 1.77 bits per heavy atom. The van der Waals surface area contributed by atoms with Gasteiger partial charge in [-0.25, -0.2) is 4.79 Å². The number of carbonyl (C=O) groups excluding carboxylic acids is 2. The second kappa shape index (κ2) is 8.96. The lowest BCUT2D eigenvalue weighted by molar-refractivity contribution is -0.200. The first-order valence-electron chi connectivity index (χ1n) is 10.5. The van der Waals surface area contributed by atoms with E-state index < -0.39 is 34.9 Å². The first-order chi connectivity index (χ1) is 14.1. The van der Waals surface area contributed by atoms with Crippen LogP contribution in [0.1, 0.15) is 54.0 Å². The molecule has 31 heavy (non-hydrogen) atoms. The number of aliphatic hydroxyl groups excluding tert-OH is 1. The minimum atomic E-state index is -1.57. The molecule has 2 rings (SSSR count). The summed E-state index contributed by atoms with van der Waals surface area (Å²) in [6.45, 7) is 12.6. The van der Waals surface area contributed by atoms with Crippen LogP contribution in [-0.2, 0) is 15.1 Å². The Morgan fingerprint density at radius 1 is 1.23 bits per heavy atom. The zero-order chi connectivity index (χ0) is 23.8. The molecule has 1 aliphatic heterocycles. The molecule has 1 aliphatic rings. The van der Waals surface area contributed by atoms with E-state index in [1.807, 2.05) is 13.8 Å². The Kier molecular flexibility index (Phi) is 7.35. The number of hydrogen-bond donors (Lipinski definition) is 3. The summed E-state index contributed by atoms with van der Waals surface area (Å²) in [7, 11) is 0. The Balaban J connectivity index is 2.25. The minimum Gasteiger partial charge on any atom is -0.444 e. The molecule has 8 heteroatoms. The second-order valence-corrected chi connectivity index (χ2v) is 10.7. The molecule has 1 saturated heterocycles. The van der Waals surface area contributed by atoms with Crippen molar-refractivity contribution < 1.29 is 24.5 Å². The quantitative estimate of drug-likeness (QED) is 0.648. The summed E-state index contributed by atoms with van der Waals surface area (Å²) in [5.74, 6) is -0.525. The third-order valence-corrected chi connectivity index (χ3v) is 5.95. The van der Waals surface area contributed by atoms with Crippen molar-refractivity contribution in [2.75, 3.05) is 13.1 Å². The van der Waals surface area contributed by atoms with Crippen molar-refractivity contribution >= 4 is 23.6 Å². The number of β-amino-alcohol motifs (C(OH)–C–C–N with tert-alkyl or cyclic N) is 1. The van der Waals surface area contributed by atoms with Gasteiger partial charge < -0.3 is 25.2 Å². The molecule has 0 spiro atoms. The number of benzene rings is 1. The van der Waals surface area contributed by atoms with Crippen molar-refractivity contribution in [3.05, 3.63) is 34.9 Å². The molecule has 0 unspecified atom stereocenters. The molecule has 174 valence electrons. The van der Waals surface area contributed by atoms with Crippen molar-refractivity contribution in [1.29, 1.82) is 0 Å². The van der Waals surface area contributed by atoms with E-state index in [0.717, 1.165) is 0 Å². The van der Waals surface area contributed by atoms with E-state index in [0.29, 0.717) is 10.6 Å². The van der Waals surface area contributed by atoms with E-state index in [9.17, 15) is 19.8 Å². The third-order valence-electron chi connectivity index (χ3n) is 5.69. The molecule has 3 N–H and O–H groups in total. The molecule has 0 saturated carbocycles. The minimum absolute atomic E-state index is 0.0688. The number of ether oxygens (including phenoxy) is 1. The lowest BCUT2D eigenvalue weighted by atomic mass is 9.65. The highest BCUT2D eigenvalue weighted by Gasteiger charge is 2.55. The van der Waals surface area contributed by atoms with Gasteiger partial charge in [0.25, 0.3) is 0 Å². The number of aliphatic hydroxyl groups is 2. The molecule has 1 fully saturated rings. The van der Waals surface area contributed by atoms with Crippen LogP contribution in [0.3, 0.4) is 0 Å². The van der Waals surface area contributed by atoms with Crippen LogP contribution in [0, 0.1) is 11.3 Å². The maximum Gasteiger partial charge on any atom is 0.408 e. The van der Waals surface area contributed by atoms with Gasteiger partial charge in [0.05, 0.1) is 0 Å². The molecule has 1 aromatic carbocycles. The highest BCUT2D eigenvalue weighted by Crippen LogP contribution is 2.46. The fraction of sp³-hybridized carbons (Fsp3) is 0.652. The Labute approximate surface area is 189 Å². The van der Waals surface area contributed by atoms with Crippen LogP contribution in [0.15, 0.2) is 24.3 Å². The fourth-order valence-electron chi connectivity index (χ4n) is 4.05. The van der Waals surface area contributed by atoms with Crippen LogP contribution < -0.4 is 5.32 Å². The molecule has 1 heterocycles. The monoisotopic (exact) mass is 454 g/mol. The van der Waals surface area contributed by atoms with E-state index in [-0.39, 0.29) is 24.9 Å². The maximum atomic E-state index is 13.3. The lowest BCUT2D eigenvalue weighted by Crippen LogP contribution is -2.66. The summed E-state index contributed by atoms with van der Waals surface area (Å²) < 4.78 is 5.30. The van der Waals surface area contributed by atoms with Crippen LogP contribution in [-0.4, -0.2) is 57.9 Å². The third kappa shape index (κ3) is 5.51. The zero-order valence-electron chi connectivity index (χ0n) is 19.4. The molecule has 0 aromatic heterocycles. The van der Waals surface area contributed by atoms with Crippen molar-refractivity contribution in [2.45, 2.75) is 71.8 Å². The summed E-state index contributed by atoms with van der Waals surface area (Å²) >= 11 is 5.97. The van der Waals surface area contributed by atoms with Crippen molar-refractivity contribution in [2.24, 2.45) is 11.3 Å². The number of carbonyl (C=O) groups is 2. The predicted molar refractivity (Wildman–Crippen MR) is 120 cm³/mol. The van der Waals surface area contributed by atoms with Crippen molar-refractivity contribution in [1.82, 2.24) is 10.2 Å². The van der Waals surface area contributed by atoms with Gasteiger partial charge in [0.15, 0.2) is 0 Å². The number of halogens is 1. The van der Waals surface area contributed by atoms with Crippen molar-refractivity contribution in [3.63, 3.8) is 0 Å². The first kappa shape index (κ1) is 25.4. The van der Waals surface area contributed by atoms with Crippen LogP contribution in [0.25, 0.3) is 0 Å².